The van der Waals surface area contributed by atoms with Gasteiger partial charge < -0.3 is 29.3 Å². The molecule has 6 rings (SSSR count). The van der Waals surface area contributed by atoms with E-state index in [1.54, 1.807) is 12.1 Å². The van der Waals surface area contributed by atoms with Gasteiger partial charge in [0.15, 0.2) is 0 Å². The molecule has 2 aromatic carbocycles. The average Bonchev–Trinajstić information content (AvgIpc) is 3.36. The van der Waals surface area contributed by atoms with Crippen molar-refractivity contribution in [3.63, 3.8) is 0 Å². The predicted octanol–water partition coefficient (Wildman–Crippen LogP) is 6.52. The summed E-state index contributed by atoms with van der Waals surface area (Å²) in [5.41, 5.74) is 5.05. The fourth-order valence-electron chi connectivity index (χ4n) is 6.17. The molecule has 41 heavy (non-hydrogen) atoms. The first-order valence-corrected chi connectivity index (χ1v) is 16.4. The van der Waals surface area contributed by atoms with Crippen LogP contribution in [0.2, 0.25) is 10.0 Å². The summed E-state index contributed by atoms with van der Waals surface area (Å²) in [6.07, 6.45) is 3.55. The van der Waals surface area contributed by atoms with Gasteiger partial charge in [-0.15, -0.1) is 0 Å². The van der Waals surface area contributed by atoms with E-state index < -0.39 is 19.7 Å². The Morgan fingerprint density at radius 3 is 2.59 bits per heavy atom. The maximum absolute atomic E-state index is 12.1. The lowest BCUT2D eigenvalue weighted by Gasteiger charge is -2.34. The van der Waals surface area contributed by atoms with Crippen LogP contribution in [0.5, 0.6) is 0 Å². The van der Waals surface area contributed by atoms with Gasteiger partial charge in [-0.05, 0) is 68.5 Å². The standard InChI is InChI=1S/C29H32Cl2N3O6P/c1-16-11-19(32-26(35)9-10-41(36,37)38)7-8-24(16)34-14-18-12-20(34)13-25(18)39-15-21-28(33-40-29(21)17-5-6-17)27-22(30)3-2-4-23(27)31/h2-4,7-8,11,17-18,20,25H,5-6,9-10,12-15H2,1H3,(H,32,35)(H2,36,37,38)/t18-,20-,25+/m0/s1. The maximum atomic E-state index is 12.1. The van der Waals surface area contributed by atoms with E-state index >= 15 is 0 Å². The molecule has 1 aliphatic heterocycles. The van der Waals surface area contributed by atoms with Crippen LogP contribution < -0.4 is 10.2 Å². The van der Waals surface area contributed by atoms with Crippen LogP contribution in [0.4, 0.5) is 11.4 Å². The highest BCUT2D eigenvalue weighted by Crippen LogP contribution is 2.48. The number of hydrogen-bond acceptors (Lipinski definition) is 6. The van der Waals surface area contributed by atoms with Gasteiger partial charge in [0.1, 0.15) is 11.5 Å². The highest BCUT2D eigenvalue weighted by molar-refractivity contribution is 7.51. The number of aromatic nitrogens is 1. The Morgan fingerprint density at radius 1 is 1.20 bits per heavy atom. The number of piperidine rings is 1. The molecule has 1 saturated heterocycles. The van der Waals surface area contributed by atoms with Gasteiger partial charge in [-0.3, -0.25) is 9.36 Å². The quantitative estimate of drug-likeness (QED) is 0.219. The molecule has 0 spiro atoms. The van der Waals surface area contributed by atoms with Gasteiger partial charge in [0.2, 0.25) is 5.91 Å². The Morgan fingerprint density at radius 2 is 1.95 bits per heavy atom. The van der Waals surface area contributed by atoms with E-state index in [2.05, 4.69) is 15.4 Å². The van der Waals surface area contributed by atoms with Crippen LogP contribution in [0, 0.1) is 12.8 Å². The number of carbonyl (C=O) groups excluding carboxylic acids is 1. The Balaban J connectivity index is 1.10. The fraction of sp³-hybridized carbons (Fsp3) is 0.448. The number of nitrogens with one attached hydrogen (secondary N) is 1. The number of ether oxygens (including phenoxy) is 1. The molecule has 1 amide bonds. The Bertz CT molecular complexity index is 1500. The molecule has 3 fully saturated rings. The van der Waals surface area contributed by atoms with Crippen molar-refractivity contribution in [3.05, 3.63) is 63.3 Å². The van der Waals surface area contributed by atoms with Crippen molar-refractivity contribution in [3.8, 4) is 11.3 Å². The number of anilines is 2. The predicted molar refractivity (Wildman–Crippen MR) is 158 cm³/mol. The van der Waals surface area contributed by atoms with Crippen LogP contribution >= 0.6 is 30.8 Å². The molecule has 218 valence electrons. The highest BCUT2D eigenvalue weighted by atomic mass is 35.5. The van der Waals surface area contributed by atoms with E-state index in [4.69, 9.17) is 42.2 Å². The third-order valence-electron chi connectivity index (χ3n) is 8.31. The van der Waals surface area contributed by atoms with Gasteiger partial charge in [-0.1, -0.05) is 34.4 Å². The average molecular weight is 620 g/mol. The van der Waals surface area contributed by atoms with Crippen molar-refractivity contribution < 1.29 is 28.4 Å². The fourth-order valence-corrected chi connectivity index (χ4v) is 7.24. The van der Waals surface area contributed by atoms with Crippen molar-refractivity contribution in [2.75, 3.05) is 22.9 Å². The van der Waals surface area contributed by atoms with Crippen molar-refractivity contribution >= 4 is 48.1 Å². The summed E-state index contributed by atoms with van der Waals surface area (Å²) in [6, 6.07) is 11.5. The maximum Gasteiger partial charge on any atom is 0.326 e. The molecule has 3 N–H and O–H groups in total. The first kappa shape index (κ1) is 28.7. The molecule has 2 saturated carbocycles. The summed E-state index contributed by atoms with van der Waals surface area (Å²) < 4.78 is 23.4. The molecular weight excluding hydrogens is 588 g/mol. The molecule has 3 aromatic rings. The molecule has 3 atom stereocenters. The minimum atomic E-state index is -4.21. The number of aryl methyl sites for hydroxylation is 1. The van der Waals surface area contributed by atoms with Crippen molar-refractivity contribution in [1.82, 2.24) is 5.16 Å². The van der Waals surface area contributed by atoms with Crippen molar-refractivity contribution in [1.29, 1.82) is 0 Å². The number of nitrogens with zero attached hydrogens (tertiary/aromatic N) is 2. The van der Waals surface area contributed by atoms with E-state index in [0.717, 1.165) is 54.8 Å². The van der Waals surface area contributed by atoms with Crippen LogP contribution in [-0.2, 0) is 20.7 Å². The van der Waals surface area contributed by atoms with E-state index in [0.29, 0.717) is 51.5 Å². The zero-order valence-corrected chi connectivity index (χ0v) is 25.0. The molecule has 0 unspecified atom stereocenters. The van der Waals surface area contributed by atoms with Gasteiger partial charge in [0.25, 0.3) is 0 Å². The SMILES string of the molecule is Cc1cc(NC(=O)CCP(=O)(O)O)ccc1N1C[C@@H]2C[C@H]1C[C@H]2OCc1c(-c2c(Cl)cccc2Cl)noc1C1CC1. The summed E-state index contributed by atoms with van der Waals surface area (Å²) in [7, 11) is -4.21. The molecule has 12 heteroatoms. The second-order valence-corrected chi connectivity index (χ2v) is 13.9. The topological polar surface area (TPSA) is 125 Å². The molecule has 9 nitrogen and oxygen atoms in total. The zero-order valence-electron chi connectivity index (χ0n) is 22.6. The number of hydrogen-bond donors (Lipinski definition) is 3. The van der Waals surface area contributed by atoms with E-state index in [-0.39, 0.29) is 12.5 Å². The first-order valence-electron chi connectivity index (χ1n) is 13.8. The number of rotatable bonds is 10. The number of fused-ring (bicyclic) bond motifs is 2. The smallest absolute Gasteiger partial charge is 0.326 e. The van der Waals surface area contributed by atoms with Crippen LogP contribution in [0.25, 0.3) is 11.3 Å². The van der Waals surface area contributed by atoms with Crippen molar-refractivity contribution in [2.24, 2.45) is 5.92 Å². The van der Waals surface area contributed by atoms with Gasteiger partial charge >= 0.3 is 7.60 Å². The third-order valence-corrected chi connectivity index (χ3v) is 9.74. The molecule has 3 aliphatic rings. The van der Waals surface area contributed by atoms with Gasteiger partial charge in [-0.2, -0.15) is 0 Å². The van der Waals surface area contributed by atoms with Crippen LogP contribution in [-0.4, -0.2) is 45.7 Å². The lowest BCUT2D eigenvalue weighted by atomic mass is 10.0. The summed E-state index contributed by atoms with van der Waals surface area (Å²) >= 11 is 13.0. The third kappa shape index (κ3) is 6.21. The number of carbonyl (C=O) groups is 1. The van der Waals surface area contributed by atoms with Crippen LogP contribution in [0.15, 0.2) is 40.9 Å². The summed E-state index contributed by atoms with van der Waals surface area (Å²) in [6.45, 7) is 3.29. The van der Waals surface area contributed by atoms with Crippen LogP contribution in [0.3, 0.4) is 0 Å². The molecular formula is C29H32Cl2N3O6P. The first-order chi connectivity index (χ1) is 19.6. The van der Waals surface area contributed by atoms with E-state index in [9.17, 15) is 9.36 Å². The normalized spacial score (nSPS) is 22.0. The van der Waals surface area contributed by atoms with Crippen molar-refractivity contribution in [2.45, 2.75) is 63.7 Å². The Labute approximate surface area is 248 Å². The minimum absolute atomic E-state index is 0.126. The lowest BCUT2D eigenvalue weighted by Crippen LogP contribution is -2.39. The van der Waals surface area contributed by atoms with E-state index in [1.807, 2.05) is 31.2 Å². The van der Waals surface area contributed by atoms with Crippen LogP contribution in [0.1, 0.15) is 54.9 Å². The summed E-state index contributed by atoms with van der Waals surface area (Å²) in [5, 5.41) is 8.18. The summed E-state index contributed by atoms with van der Waals surface area (Å²) in [5.74, 6) is 1.22. The Kier molecular flexibility index (Phi) is 7.96. The van der Waals surface area contributed by atoms with E-state index in [1.165, 1.54) is 0 Å². The molecule has 0 radical (unpaired) electrons. The number of halogens is 2. The number of benzene rings is 2. The van der Waals surface area contributed by atoms with Gasteiger partial charge in [-0.25, -0.2) is 0 Å². The second kappa shape index (κ2) is 11.4. The number of amides is 1. The molecule has 2 heterocycles. The largest absolute Gasteiger partial charge is 0.373 e. The molecule has 2 aliphatic carbocycles. The zero-order chi connectivity index (χ0) is 28.9. The highest BCUT2D eigenvalue weighted by Gasteiger charge is 2.46. The Hall–Kier alpha value is -2.39. The lowest BCUT2D eigenvalue weighted by molar-refractivity contribution is -0.115. The summed E-state index contributed by atoms with van der Waals surface area (Å²) in [4.78, 5) is 32.5. The monoisotopic (exact) mass is 619 g/mol. The minimum Gasteiger partial charge on any atom is -0.373 e. The molecule has 1 aromatic heterocycles. The van der Waals surface area contributed by atoms with Gasteiger partial charge in [0.05, 0.1) is 28.9 Å². The van der Waals surface area contributed by atoms with Gasteiger partial charge in [0, 0.05) is 53.3 Å². The second-order valence-electron chi connectivity index (χ2n) is 11.3. The molecule has 2 bridgehead atoms.